The monoisotopic (exact) mass is 350 g/mol. The van der Waals surface area contributed by atoms with Crippen LogP contribution in [-0.4, -0.2) is 78.5 Å². The lowest BCUT2D eigenvalue weighted by Gasteiger charge is -2.36. The van der Waals surface area contributed by atoms with Gasteiger partial charge in [0, 0.05) is 58.3 Å². The van der Waals surface area contributed by atoms with Gasteiger partial charge in [-0.2, -0.15) is 0 Å². The van der Waals surface area contributed by atoms with E-state index in [0.717, 1.165) is 71.5 Å². The van der Waals surface area contributed by atoms with Crippen molar-refractivity contribution in [2.75, 3.05) is 45.8 Å². The second-order valence-electron chi connectivity index (χ2n) is 7.80. The van der Waals surface area contributed by atoms with E-state index in [1.165, 1.54) is 25.7 Å². The molecule has 1 N–H and O–H groups in total. The van der Waals surface area contributed by atoms with Crippen LogP contribution < -0.4 is 5.32 Å². The Labute approximate surface area is 151 Å². The van der Waals surface area contributed by atoms with Gasteiger partial charge in [0.2, 0.25) is 5.91 Å². The SMILES string of the molecule is O=C(CCN1CCN(C(=O)NC2CCCCC2)CC1)N1CCCCC1. The highest BCUT2D eigenvalue weighted by Gasteiger charge is 2.24. The van der Waals surface area contributed by atoms with Crippen molar-refractivity contribution in [2.45, 2.75) is 63.8 Å². The van der Waals surface area contributed by atoms with E-state index in [-0.39, 0.29) is 6.03 Å². The maximum absolute atomic E-state index is 12.4. The number of hydrogen-bond donors (Lipinski definition) is 1. The molecule has 6 heteroatoms. The molecule has 2 aliphatic heterocycles. The molecule has 3 rings (SSSR count). The van der Waals surface area contributed by atoms with Gasteiger partial charge in [0.1, 0.15) is 0 Å². The minimum absolute atomic E-state index is 0.107. The van der Waals surface area contributed by atoms with Crippen LogP contribution >= 0.6 is 0 Å². The molecule has 142 valence electrons. The number of hydrogen-bond acceptors (Lipinski definition) is 3. The second kappa shape index (κ2) is 9.41. The van der Waals surface area contributed by atoms with Gasteiger partial charge < -0.3 is 15.1 Å². The summed E-state index contributed by atoms with van der Waals surface area (Å²) in [5, 5.41) is 3.20. The Balaban J connectivity index is 1.32. The molecule has 1 saturated carbocycles. The number of nitrogens with zero attached hydrogens (tertiary/aromatic N) is 3. The van der Waals surface area contributed by atoms with Crippen LogP contribution in [0.1, 0.15) is 57.8 Å². The first-order chi connectivity index (χ1) is 12.2. The molecule has 25 heavy (non-hydrogen) atoms. The molecule has 0 atom stereocenters. The van der Waals surface area contributed by atoms with Gasteiger partial charge >= 0.3 is 6.03 Å². The molecule has 2 heterocycles. The van der Waals surface area contributed by atoms with Crippen LogP contribution in [0.5, 0.6) is 0 Å². The van der Waals surface area contributed by atoms with Gasteiger partial charge in [-0.1, -0.05) is 19.3 Å². The topological polar surface area (TPSA) is 55.9 Å². The average Bonchev–Trinajstić information content (AvgIpc) is 2.68. The number of amides is 3. The molecule has 1 aliphatic carbocycles. The first-order valence-electron chi connectivity index (χ1n) is 10.3. The maximum atomic E-state index is 12.4. The van der Waals surface area contributed by atoms with Crippen molar-refractivity contribution in [3.05, 3.63) is 0 Å². The van der Waals surface area contributed by atoms with Crippen LogP contribution in [0.2, 0.25) is 0 Å². The quantitative estimate of drug-likeness (QED) is 0.844. The summed E-state index contributed by atoms with van der Waals surface area (Å²) in [7, 11) is 0. The maximum Gasteiger partial charge on any atom is 0.317 e. The highest BCUT2D eigenvalue weighted by molar-refractivity contribution is 5.76. The zero-order chi connectivity index (χ0) is 17.5. The number of rotatable bonds is 4. The molecular formula is C19H34N4O2. The van der Waals surface area contributed by atoms with Gasteiger partial charge in [0.25, 0.3) is 0 Å². The zero-order valence-corrected chi connectivity index (χ0v) is 15.5. The second-order valence-corrected chi connectivity index (χ2v) is 7.80. The highest BCUT2D eigenvalue weighted by Crippen LogP contribution is 2.18. The number of piperazine rings is 1. The summed E-state index contributed by atoms with van der Waals surface area (Å²) in [6.45, 7) is 6.01. The lowest BCUT2D eigenvalue weighted by atomic mass is 9.96. The van der Waals surface area contributed by atoms with E-state index in [1.54, 1.807) is 0 Å². The lowest BCUT2D eigenvalue weighted by Crippen LogP contribution is -2.54. The van der Waals surface area contributed by atoms with E-state index in [2.05, 4.69) is 10.2 Å². The fourth-order valence-corrected chi connectivity index (χ4v) is 4.24. The third-order valence-electron chi connectivity index (χ3n) is 5.94. The predicted octanol–water partition coefficient (Wildman–Crippen LogP) is 2.05. The molecule has 0 radical (unpaired) electrons. The summed E-state index contributed by atoms with van der Waals surface area (Å²) in [6.07, 6.45) is 10.2. The van der Waals surface area contributed by atoms with E-state index in [4.69, 9.17) is 0 Å². The van der Waals surface area contributed by atoms with Crippen molar-refractivity contribution in [1.29, 1.82) is 0 Å². The molecule has 0 aromatic carbocycles. The number of carbonyl (C=O) groups excluding carboxylic acids is 2. The molecule has 6 nitrogen and oxygen atoms in total. The third kappa shape index (κ3) is 5.59. The summed E-state index contributed by atoms with van der Waals surface area (Å²) in [5.74, 6) is 0.303. The van der Waals surface area contributed by atoms with Crippen LogP contribution in [0.25, 0.3) is 0 Å². The van der Waals surface area contributed by atoms with Crippen LogP contribution in [-0.2, 0) is 4.79 Å². The molecule has 3 amide bonds. The molecule has 3 fully saturated rings. The van der Waals surface area contributed by atoms with Crippen molar-refractivity contribution in [2.24, 2.45) is 0 Å². The molecule has 0 spiro atoms. The summed E-state index contributed by atoms with van der Waals surface area (Å²) < 4.78 is 0. The Morgan fingerprint density at radius 1 is 0.760 bits per heavy atom. The van der Waals surface area contributed by atoms with Gasteiger partial charge in [-0.15, -0.1) is 0 Å². The summed E-state index contributed by atoms with van der Waals surface area (Å²) in [6, 6.07) is 0.484. The Morgan fingerprint density at radius 3 is 2.08 bits per heavy atom. The molecule has 2 saturated heterocycles. The van der Waals surface area contributed by atoms with Gasteiger partial charge in [-0.25, -0.2) is 4.79 Å². The van der Waals surface area contributed by atoms with Crippen LogP contribution in [0.15, 0.2) is 0 Å². The van der Waals surface area contributed by atoms with Crippen molar-refractivity contribution in [3.8, 4) is 0 Å². The van der Waals surface area contributed by atoms with Gasteiger partial charge in [-0.3, -0.25) is 9.69 Å². The Bertz CT molecular complexity index is 437. The number of urea groups is 1. The summed E-state index contributed by atoms with van der Waals surface area (Å²) in [5.41, 5.74) is 0. The third-order valence-corrected chi connectivity index (χ3v) is 5.94. The molecule has 3 aliphatic rings. The summed E-state index contributed by atoms with van der Waals surface area (Å²) >= 11 is 0. The number of nitrogens with one attached hydrogen (secondary N) is 1. The van der Waals surface area contributed by atoms with Crippen molar-refractivity contribution >= 4 is 11.9 Å². The first kappa shape index (κ1) is 18.5. The minimum atomic E-state index is 0.107. The molecular weight excluding hydrogens is 316 g/mol. The largest absolute Gasteiger partial charge is 0.343 e. The predicted molar refractivity (Wildman–Crippen MR) is 98.5 cm³/mol. The molecule has 0 aromatic heterocycles. The van der Waals surface area contributed by atoms with Gasteiger partial charge in [0.15, 0.2) is 0 Å². The van der Waals surface area contributed by atoms with Crippen molar-refractivity contribution in [1.82, 2.24) is 20.0 Å². The van der Waals surface area contributed by atoms with E-state index in [0.29, 0.717) is 18.4 Å². The van der Waals surface area contributed by atoms with E-state index in [1.807, 2.05) is 9.80 Å². The van der Waals surface area contributed by atoms with E-state index >= 15 is 0 Å². The van der Waals surface area contributed by atoms with Gasteiger partial charge in [-0.05, 0) is 32.1 Å². The fourth-order valence-electron chi connectivity index (χ4n) is 4.24. The number of piperidine rings is 1. The van der Waals surface area contributed by atoms with Crippen LogP contribution in [0, 0.1) is 0 Å². The minimum Gasteiger partial charge on any atom is -0.343 e. The lowest BCUT2D eigenvalue weighted by molar-refractivity contribution is -0.132. The number of likely N-dealkylation sites (tertiary alicyclic amines) is 1. The smallest absolute Gasteiger partial charge is 0.317 e. The van der Waals surface area contributed by atoms with Gasteiger partial charge in [0.05, 0.1) is 0 Å². The van der Waals surface area contributed by atoms with Crippen molar-refractivity contribution < 1.29 is 9.59 Å². The Kier molecular flexibility index (Phi) is 6.96. The first-order valence-corrected chi connectivity index (χ1v) is 10.3. The van der Waals surface area contributed by atoms with Crippen LogP contribution in [0.4, 0.5) is 4.79 Å². The fraction of sp³-hybridized carbons (Fsp3) is 0.895. The normalized spacial score (nSPS) is 23.5. The highest BCUT2D eigenvalue weighted by atomic mass is 16.2. The Morgan fingerprint density at radius 2 is 1.40 bits per heavy atom. The van der Waals surface area contributed by atoms with E-state index in [9.17, 15) is 9.59 Å². The Hall–Kier alpha value is -1.30. The molecule has 0 bridgehead atoms. The van der Waals surface area contributed by atoms with Crippen molar-refractivity contribution in [3.63, 3.8) is 0 Å². The van der Waals surface area contributed by atoms with E-state index < -0.39 is 0 Å². The molecule has 0 unspecified atom stereocenters. The van der Waals surface area contributed by atoms with Crippen LogP contribution in [0.3, 0.4) is 0 Å². The summed E-state index contributed by atoms with van der Waals surface area (Å²) in [4.78, 5) is 30.9. The average molecular weight is 351 g/mol. The standard InChI is InChI=1S/C19H34N4O2/c24-18(22-10-5-2-6-11-22)9-12-21-13-15-23(16-14-21)19(25)20-17-7-3-1-4-8-17/h17H,1-16H2,(H,20,25). The zero-order valence-electron chi connectivity index (χ0n) is 15.5. The number of carbonyl (C=O) groups is 2. The molecule has 0 aromatic rings.